The summed E-state index contributed by atoms with van der Waals surface area (Å²) in [5.41, 5.74) is 1.44. The van der Waals surface area contributed by atoms with Gasteiger partial charge in [-0.05, 0) is 30.5 Å². The summed E-state index contributed by atoms with van der Waals surface area (Å²) in [4.78, 5) is 0. The third kappa shape index (κ3) is 6.25. The average molecular weight is 327 g/mol. The van der Waals surface area contributed by atoms with Gasteiger partial charge >= 0.3 is 0 Å². The zero-order chi connectivity index (χ0) is 17.4. The van der Waals surface area contributed by atoms with Gasteiger partial charge in [-0.1, -0.05) is 57.2 Å². The number of hydrogen-bond donors (Lipinski definition) is 1. The fourth-order valence-corrected chi connectivity index (χ4v) is 2.37. The maximum absolute atomic E-state index is 5.95. The second kappa shape index (κ2) is 8.74. The second-order valence-electron chi connectivity index (χ2n) is 7.21. The number of hydrogen-bond acceptors (Lipinski definition) is 3. The third-order valence-corrected chi connectivity index (χ3v) is 3.68. The topological polar surface area (TPSA) is 30.5 Å². The minimum atomic E-state index is 0.246. The lowest BCUT2D eigenvalue weighted by molar-refractivity contribution is 0.214. The molecule has 0 radical (unpaired) electrons. The van der Waals surface area contributed by atoms with Crippen LogP contribution in [0, 0.1) is 5.41 Å². The van der Waals surface area contributed by atoms with Gasteiger partial charge in [0.25, 0.3) is 0 Å². The molecule has 0 aliphatic rings. The van der Waals surface area contributed by atoms with Crippen LogP contribution in [-0.2, 0) is 0 Å². The smallest absolute Gasteiger partial charge is 0.124 e. The molecule has 1 unspecified atom stereocenters. The SMILES string of the molecule is CC(NCC(C)(C)C)c1ccccc1OCCOc1ccccc1. The standard InChI is InChI=1S/C21H29NO2/c1-17(22-16-21(2,3)4)19-12-8-9-13-20(19)24-15-14-23-18-10-6-5-7-11-18/h5-13,17,22H,14-16H2,1-4H3. The summed E-state index contributed by atoms with van der Waals surface area (Å²) in [7, 11) is 0. The van der Waals surface area contributed by atoms with Gasteiger partial charge in [-0.25, -0.2) is 0 Å². The van der Waals surface area contributed by atoms with Crippen LogP contribution in [0.15, 0.2) is 54.6 Å². The first-order valence-electron chi connectivity index (χ1n) is 8.59. The van der Waals surface area contributed by atoms with E-state index in [2.05, 4.69) is 45.1 Å². The first-order chi connectivity index (χ1) is 11.5. The Labute approximate surface area is 146 Å². The van der Waals surface area contributed by atoms with Crippen molar-refractivity contribution in [3.8, 4) is 11.5 Å². The van der Waals surface area contributed by atoms with Crippen molar-refractivity contribution in [1.29, 1.82) is 0 Å². The van der Waals surface area contributed by atoms with Crippen LogP contribution in [0.25, 0.3) is 0 Å². The van der Waals surface area contributed by atoms with Crippen LogP contribution in [-0.4, -0.2) is 19.8 Å². The Morgan fingerprint density at radius 2 is 1.50 bits per heavy atom. The molecule has 0 heterocycles. The number of para-hydroxylation sites is 2. The van der Waals surface area contributed by atoms with Crippen LogP contribution in [0.5, 0.6) is 11.5 Å². The Morgan fingerprint density at radius 3 is 2.21 bits per heavy atom. The molecule has 0 saturated heterocycles. The van der Waals surface area contributed by atoms with E-state index < -0.39 is 0 Å². The summed E-state index contributed by atoms with van der Waals surface area (Å²) in [6.07, 6.45) is 0. The van der Waals surface area contributed by atoms with E-state index in [-0.39, 0.29) is 11.5 Å². The van der Waals surface area contributed by atoms with E-state index in [9.17, 15) is 0 Å². The summed E-state index contributed by atoms with van der Waals surface area (Å²) < 4.78 is 11.6. The molecule has 130 valence electrons. The number of rotatable bonds is 8. The zero-order valence-corrected chi connectivity index (χ0v) is 15.2. The molecule has 0 aliphatic heterocycles. The Balaban J connectivity index is 1.86. The van der Waals surface area contributed by atoms with Gasteiger partial charge in [-0.2, -0.15) is 0 Å². The van der Waals surface area contributed by atoms with Gasteiger partial charge in [-0.15, -0.1) is 0 Å². The van der Waals surface area contributed by atoms with Gasteiger partial charge in [0.1, 0.15) is 24.7 Å². The highest BCUT2D eigenvalue weighted by molar-refractivity contribution is 5.35. The molecular weight excluding hydrogens is 298 g/mol. The third-order valence-electron chi connectivity index (χ3n) is 3.68. The molecule has 0 fully saturated rings. The molecule has 2 aromatic rings. The molecule has 3 heteroatoms. The van der Waals surface area contributed by atoms with Gasteiger partial charge in [0.2, 0.25) is 0 Å². The summed E-state index contributed by atoms with van der Waals surface area (Å²) in [5.74, 6) is 1.79. The molecule has 1 atom stereocenters. The first-order valence-corrected chi connectivity index (χ1v) is 8.59. The number of ether oxygens (including phenoxy) is 2. The Kier molecular flexibility index (Phi) is 6.68. The molecule has 24 heavy (non-hydrogen) atoms. The average Bonchev–Trinajstić information content (AvgIpc) is 2.57. The van der Waals surface area contributed by atoms with Gasteiger partial charge in [-0.3, -0.25) is 0 Å². The molecule has 0 aliphatic carbocycles. The highest BCUT2D eigenvalue weighted by atomic mass is 16.5. The van der Waals surface area contributed by atoms with Crippen molar-refractivity contribution in [3.05, 3.63) is 60.2 Å². The molecule has 2 aromatic carbocycles. The van der Waals surface area contributed by atoms with E-state index in [4.69, 9.17) is 9.47 Å². The summed E-state index contributed by atoms with van der Waals surface area (Å²) in [6, 6.07) is 18.3. The molecule has 0 aromatic heterocycles. The lowest BCUT2D eigenvalue weighted by Gasteiger charge is -2.24. The molecule has 2 rings (SSSR count). The maximum atomic E-state index is 5.95. The highest BCUT2D eigenvalue weighted by Gasteiger charge is 2.15. The maximum Gasteiger partial charge on any atom is 0.124 e. The Hall–Kier alpha value is -2.00. The van der Waals surface area contributed by atoms with Crippen LogP contribution in [0.4, 0.5) is 0 Å². The Morgan fingerprint density at radius 1 is 0.875 bits per heavy atom. The molecule has 0 amide bonds. The molecule has 0 bridgehead atoms. The van der Waals surface area contributed by atoms with E-state index in [1.807, 2.05) is 42.5 Å². The monoisotopic (exact) mass is 327 g/mol. The molecule has 0 saturated carbocycles. The lowest BCUT2D eigenvalue weighted by Crippen LogP contribution is -2.29. The predicted octanol–water partition coefficient (Wildman–Crippen LogP) is 4.84. The number of benzene rings is 2. The first kappa shape index (κ1) is 18.3. The van der Waals surface area contributed by atoms with Crippen molar-refractivity contribution in [2.75, 3.05) is 19.8 Å². The van der Waals surface area contributed by atoms with Crippen LogP contribution in [0.1, 0.15) is 39.3 Å². The second-order valence-corrected chi connectivity index (χ2v) is 7.21. The van der Waals surface area contributed by atoms with E-state index in [1.54, 1.807) is 0 Å². The van der Waals surface area contributed by atoms with Crippen LogP contribution in [0.2, 0.25) is 0 Å². The van der Waals surface area contributed by atoms with E-state index in [0.29, 0.717) is 13.2 Å². The van der Waals surface area contributed by atoms with Crippen molar-refractivity contribution in [2.45, 2.75) is 33.7 Å². The minimum Gasteiger partial charge on any atom is -0.490 e. The summed E-state index contributed by atoms with van der Waals surface area (Å²) >= 11 is 0. The number of nitrogens with one attached hydrogen (secondary N) is 1. The largest absolute Gasteiger partial charge is 0.490 e. The van der Waals surface area contributed by atoms with Gasteiger partial charge in [0, 0.05) is 18.2 Å². The minimum absolute atomic E-state index is 0.246. The van der Waals surface area contributed by atoms with Crippen molar-refractivity contribution in [1.82, 2.24) is 5.32 Å². The summed E-state index contributed by atoms with van der Waals surface area (Å²) in [5, 5.41) is 3.58. The van der Waals surface area contributed by atoms with Gasteiger partial charge < -0.3 is 14.8 Å². The Bertz CT molecular complexity index is 605. The summed E-state index contributed by atoms with van der Waals surface area (Å²) in [6.45, 7) is 10.9. The molecule has 3 nitrogen and oxygen atoms in total. The quantitative estimate of drug-likeness (QED) is 0.704. The molecule has 1 N–H and O–H groups in total. The van der Waals surface area contributed by atoms with E-state index >= 15 is 0 Å². The van der Waals surface area contributed by atoms with Crippen LogP contribution < -0.4 is 14.8 Å². The lowest BCUT2D eigenvalue weighted by atomic mass is 9.96. The molecule has 0 spiro atoms. The normalized spacial score (nSPS) is 12.7. The van der Waals surface area contributed by atoms with Crippen LogP contribution in [0.3, 0.4) is 0 Å². The molecular formula is C21H29NO2. The zero-order valence-electron chi connectivity index (χ0n) is 15.2. The van der Waals surface area contributed by atoms with Crippen molar-refractivity contribution >= 4 is 0 Å². The van der Waals surface area contributed by atoms with Gasteiger partial charge in [0.05, 0.1) is 0 Å². The van der Waals surface area contributed by atoms with Crippen LogP contribution >= 0.6 is 0 Å². The van der Waals surface area contributed by atoms with Crippen molar-refractivity contribution in [2.24, 2.45) is 5.41 Å². The van der Waals surface area contributed by atoms with Crippen molar-refractivity contribution < 1.29 is 9.47 Å². The fourth-order valence-electron chi connectivity index (χ4n) is 2.37. The van der Waals surface area contributed by atoms with Crippen molar-refractivity contribution in [3.63, 3.8) is 0 Å². The highest BCUT2D eigenvalue weighted by Crippen LogP contribution is 2.25. The van der Waals surface area contributed by atoms with Gasteiger partial charge in [0.15, 0.2) is 0 Å². The predicted molar refractivity (Wildman–Crippen MR) is 99.7 cm³/mol. The fraction of sp³-hybridized carbons (Fsp3) is 0.429. The van der Waals surface area contributed by atoms with E-state index in [1.165, 1.54) is 5.56 Å². The van der Waals surface area contributed by atoms with E-state index in [0.717, 1.165) is 18.0 Å².